The van der Waals surface area contributed by atoms with Crippen LogP contribution in [0, 0.1) is 0 Å². The molecule has 0 radical (unpaired) electrons. The molecule has 0 aliphatic carbocycles. The lowest BCUT2D eigenvalue weighted by atomic mass is 10.0. The molecule has 2 rings (SSSR count). The zero-order valence-electron chi connectivity index (χ0n) is 11.3. The molecule has 2 N–H and O–H groups in total. The average molecular weight is 302 g/mol. The van der Waals surface area contributed by atoms with E-state index in [9.17, 15) is 0 Å². The molecular formula is C14H21Cl2N3. The highest BCUT2D eigenvalue weighted by atomic mass is 35.5. The zero-order valence-corrected chi connectivity index (χ0v) is 12.8. The minimum Gasteiger partial charge on any atom is -0.329 e. The third-order valence-electron chi connectivity index (χ3n) is 3.74. The summed E-state index contributed by atoms with van der Waals surface area (Å²) < 4.78 is 0. The van der Waals surface area contributed by atoms with Crippen LogP contribution in [0.2, 0.25) is 10.0 Å². The molecule has 1 aromatic carbocycles. The molecule has 19 heavy (non-hydrogen) atoms. The van der Waals surface area contributed by atoms with Crippen molar-refractivity contribution in [1.82, 2.24) is 9.80 Å². The van der Waals surface area contributed by atoms with E-state index in [1.54, 1.807) is 0 Å². The second-order valence-corrected chi connectivity index (χ2v) is 5.95. The number of nitrogens with two attached hydrogens (primary N) is 1. The molecule has 5 heteroatoms. The molecule has 1 aliphatic heterocycles. The number of likely N-dealkylation sites (N-methyl/N-ethyl adjacent to an activating group) is 1. The van der Waals surface area contributed by atoms with Crippen molar-refractivity contribution in [2.45, 2.75) is 12.5 Å². The van der Waals surface area contributed by atoms with Gasteiger partial charge in [0.05, 0.1) is 0 Å². The number of hydrogen-bond acceptors (Lipinski definition) is 3. The summed E-state index contributed by atoms with van der Waals surface area (Å²) in [5.41, 5.74) is 7.03. The lowest BCUT2D eigenvalue weighted by Gasteiger charge is -2.30. The normalized spacial score (nSPS) is 20.2. The first kappa shape index (κ1) is 15.1. The molecule has 0 spiro atoms. The Bertz CT molecular complexity index is 425. The summed E-state index contributed by atoms with van der Waals surface area (Å²) in [6.07, 6.45) is 1.16. The van der Waals surface area contributed by atoms with Gasteiger partial charge in [0.25, 0.3) is 0 Å². The van der Waals surface area contributed by atoms with Crippen LogP contribution in [0.25, 0.3) is 0 Å². The Kier molecular flexibility index (Phi) is 5.48. The quantitative estimate of drug-likeness (QED) is 0.931. The van der Waals surface area contributed by atoms with Crippen LogP contribution in [-0.4, -0.2) is 49.6 Å². The first-order chi connectivity index (χ1) is 9.11. The molecule has 3 nitrogen and oxygen atoms in total. The van der Waals surface area contributed by atoms with Crippen molar-refractivity contribution in [2.24, 2.45) is 5.73 Å². The average Bonchev–Trinajstić information content (AvgIpc) is 2.60. The molecule has 0 amide bonds. The van der Waals surface area contributed by atoms with Gasteiger partial charge >= 0.3 is 0 Å². The van der Waals surface area contributed by atoms with E-state index in [1.807, 2.05) is 18.2 Å². The molecule has 0 bridgehead atoms. The van der Waals surface area contributed by atoms with E-state index in [-0.39, 0.29) is 6.04 Å². The highest BCUT2D eigenvalue weighted by Crippen LogP contribution is 2.30. The fourth-order valence-electron chi connectivity index (χ4n) is 2.62. The Balaban J connectivity index is 2.21. The van der Waals surface area contributed by atoms with Crippen molar-refractivity contribution in [3.63, 3.8) is 0 Å². The molecule has 1 fully saturated rings. The van der Waals surface area contributed by atoms with Crippen LogP contribution >= 0.6 is 23.2 Å². The summed E-state index contributed by atoms with van der Waals surface area (Å²) in [6, 6.07) is 5.76. The summed E-state index contributed by atoms with van der Waals surface area (Å²) in [5.74, 6) is 0. The SMILES string of the molecule is CN1CCCN(C(CN)c2cc(Cl)ccc2Cl)CC1. The predicted molar refractivity (Wildman–Crippen MR) is 81.9 cm³/mol. The van der Waals surface area contributed by atoms with Gasteiger partial charge in [0.15, 0.2) is 0 Å². The van der Waals surface area contributed by atoms with Gasteiger partial charge in [-0.15, -0.1) is 0 Å². The number of hydrogen-bond donors (Lipinski definition) is 1. The number of nitrogens with zero attached hydrogens (tertiary/aromatic N) is 2. The summed E-state index contributed by atoms with van der Waals surface area (Å²) in [5, 5.41) is 1.46. The van der Waals surface area contributed by atoms with Gasteiger partial charge in [-0.05, 0) is 43.8 Å². The molecule has 1 saturated heterocycles. The van der Waals surface area contributed by atoms with Crippen LogP contribution in [0.5, 0.6) is 0 Å². The van der Waals surface area contributed by atoms with Crippen molar-refractivity contribution < 1.29 is 0 Å². The van der Waals surface area contributed by atoms with E-state index in [0.717, 1.165) is 43.2 Å². The minimum absolute atomic E-state index is 0.151. The highest BCUT2D eigenvalue weighted by molar-refractivity contribution is 6.33. The highest BCUT2D eigenvalue weighted by Gasteiger charge is 2.23. The van der Waals surface area contributed by atoms with Gasteiger partial charge in [0, 0.05) is 42.3 Å². The summed E-state index contributed by atoms with van der Waals surface area (Å²) in [6.45, 7) is 4.83. The number of halogens is 2. The molecule has 1 atom stereocenters. The third kappa shape index (κ3) is 3.83. The number of benzene rings is 1. The lowest BCUT2D eigenvalue weighted by Crippen LogP contribution is -2.36. The Labute approximate surface area is 125 Å². The second-order valence-electron chi connectivity index (χ2n) is 5.11. The van der Waals surface area contributed by atoms with Crippen molar-refractivity contribution in [3.05, 3.63) is 33.8 Å². The molecule has 0 aromatic heterocycles. The fraction of sp³-hybridized carbons (Fsp3) is 0.571. The van der Waals surface area contributed by atoms with Crippen molar-refractivity contribution in [3.8, 4) is 0 Å². The van der Waals surface area contributed by atoms with Gasteiger partial charge < -0.3 is 10.6 Å². The van der Waals surface area contributed by atoms with Gasteiger partial charge in [-0.25, -0.2) is 0 Å². The Morgan fingerprint density at radius 3 is 2.74 bits per heavy atom. The Morgan fingerprint density at radius 1 is 1.21 bits per heavy atom. The van der Waals surface area contributed by atoms with Gasteiger partial charge in [0.2, 0.25) is 0 Å². The fourth-order valence-corrected chi connectivity index (χ4v) is 3.04. The predicted octanol–water partition coefficient (Wildman–Crippen LogP) is 2.63. The topological polar surface area (TPSA) is 32.5 Å². The van der Waals surface area contributed by atoms with Crippen molar-refractivity contribution in [2.75, 3.05) is 39.8 Å². The monoisotopic (exact) mass is 301 g/mol. The van der Waals surface area contributed by atoms with E-state index >= 15 is 0 Å². The summed E-state index contributed by atoms with van der Waals surface area (Å²) in [4.78, 5) is 4.77. The number of rotatable bonds is 3. The van der Waals surface area contributed by atoms with Gasteiger partial charge in [-0.1, -0.05) is 23.2 Å². The van der Waals surface area contributed by atoms with Gasteiger partial charge in [-0.2, -0.15) is 0 Å². The molecule has 0 saturated carbocycles. The standard InChI is InChI=1S/C14H21Cl2N3/c1-18-5-2-6-19(8-7-18)14(10-17)12-9-11(15)3-4-13(12)16/h3-4,9,14H,2,5-8,10,17H2,1H3. The third-order valence-corrected chi connectivity index (χ3v) is 4.31. The van der Waals surface area contributed by atoms with Crippen molar-refractivity contribution >= 4 is 23.2 Å². The second kappa shape index (κ2) is 6.91. The van der Waals surface area contributed by atoms with E-state index < -0.39 is 0 Å². The largest absolute Gasteiger partial charge is 0.329 e. The smallest absolute Gasteiger partial charge is 0.0486 e. The van der Waals surface area contributed by atoms with Crippen LogP contribution in [-0.2, 0) is 0 Å². The van der Waals surface area contributed by atoms with Crippen LogP contribution in [0.15, 0.2) is 18.2 Å². The maximum absolute atomic E-state index is 6.31. The lowest BCUT2D eigenvalue weighted by molar-refractivity contribution is 0.208. The maximum Gasteiger partial charge on any atom is 0.0486 e. The van der Waals surface area contributed by atoms with E-state index in [1.165, 1.54) is 0 Å². The van der Waals surface area contributed by atoms with Crippen LogP contribution in [0.1, 0.15) is 18.0 Å². The van der Waals surface area contributed by atoms with E-state index in [4.69, 9.17) is 28.9 Å². The van der Waals surface area contributed by atoms with E-state index in [2.05, 4.69) is 16.8 Å². The van der Waals surface area contributed by atoms with E-state index in [0.29, 0.717) is 11.6 Å². The van der Waals surface area contributed by atoms with Crippen molar-refractivity contribution in [1.29, 1.82) is 0 Å². The van der Waals surface area contributed by atoms with Crippen LogP contribution in [0.3, 0.4) is 0 Å². The Hall–Kier alpha value is -0.320. The molecule has 1 aliphatic rings. The summed E-state index contributed by atoms with van der Waals surface area (Å²) >= 11 is 12.4. The van der Waals surface area contributed by atoms with Gasteiger partial charge in [0.1, 0.15) is 0 Å². The Morgan fingerprint density at radius 2 is 2.00 bits per heavy atom. The molecule has 1 unspecified atom stereocenters. The maximum atomic E-state index is 6.31. The van der Waals surface area contributed by atoms with Crippen LogP contribution < -0.4 is 5.73 Å². The van der Waals surface area contributed by atoms with Gasteiger partial charge in [-0.3, -0.25) is 4.90 Å². The molecule has 106 valence electrons. The van der Waals surface area contributed by atoms with Crippen LogP contribution in [0.4, 0.5) is 0 Å². The first-order valence-corrected chi connectivity index (χ1v) is 7.45. The molecular weight excluding hydrogens is 281 g/mol. The molecule has 1 heterocycles. The zero-order chi connectivity index (χ0) is 13.8. The summed E-state index contributed by atoms with van der Waals surface area (Å²) in [7, 11) is 2.16. The molecule has 1 aromatic rings. The first-order valence-electron chi connectivity index (χ1n) is 6.69. The minimum atomic E-state index is 0.151.